The molecule has 39 heavy (non-hydrogen) atoms. The molecule has 4 nitrogen and oxygen atoms in total. The van der Waals surface area contributed by atoms with E-state index in [1.54, 1.807) is 0 Å². The number of nitrogens with zero attached hydrogens (tertiary/aromatic N) is 2. The zero-order valence-electron chi connectivity index (χ0n) is 21.1. The summed E-state index contributed by atoms with van der Waals surface area (Å²) in [5, 5.41) is 16.7. The molecule has 184 valence electrons. The van der Waals surface area contributed by atoms with E-state index in [9.17, 15) is 0 Å². The number of dihydropyridines is 1. The van der Waals surface area contributed by atoms with Crippen LogP contribution < -0.4 is 5.32 Å². The molecule has 8 rings (SSSR count). The SMILES string of the molecule is N=C1C=CC=C/C1=C1\C=CC(n2c3ccccc3c3ccc4c5ccccc5n(-c5ccccc5)c4c32)=CN1. The smallest absolute Gasteiger partial charge is 0.0789 e. The molecule has 1 aliphatic carbocycles. The normalized spacial score (nSPS) is 17.0. The molecule has 0 unspecified atom stereocenters. The fourth-order valence-electron chi connectivity index (χ4n) is 6.06. The molecule has 0 atom stereocenters. The van der Waals surface area contributed by atoms with E-state index in [4.69, 9.17) is 5.41 Å². The van der Waals surface area contributed by atoms with Gasteiger partial charge < -0.3 is 19.9 Å². The Morgan fingerprint density at radius 1 is 0.538 bits per heavy atom. The summed E-state index contributed by atoms with van der Waals surface area (Å²) >= 11 is 0. The number of hydrogen-bond donors (Lipinski definition) is 2. The summed E-state index contributed by atoms with van der Waals surface area (Å²) in [6.07, 6.45) is 14.0. The second kappa shape index (κ2) is 8.33. The molecule has 0 bridgehead atoms. The number of para-hydroxylation sites is 3. The highest BCUT2D eigenvalue weighted by molar-refractivity contribution is 6.24. The average Bonchev–Trinajstić information content (AvgIpc) is 3.51. The Hall–Kier alpha value is -5.35. The van der Waals surface area contributed by atoms with Gasteiger partial charge in [-0.1, -0.05) is 85.0 Å². The van der Waals surface area contributed by atoms with Gasteiger partial charge in [0.2, 0.25) is 0 Å². The molecule has 3 heterocycles. The highest BCUT2D eigenvalue weighted by atomic mass is 15.1. The standard InChI is InChI=1S/C35H24N4/c36-30-15-7-4-14-29(30)31-21-18-24(22-37-31)39-33-17-9-6-13-26(33)28-20-19-27-25-12-5-8-16-32(25)38(34(27)35(28)39)23-10-2-1-3-11-23/h1-22,36-37H/b31-29-,36-30?. The van der Waals surface area contributed by atoms with Gasteiger partial charge in [0, 0.05) is 44.7 Å². The number of nitrogens with one attached hydrogen (secondary N) is 2. The highest BCUT2D eigenvalue weighted by Crippen LogP contribution is 2.41. The van der Waals surface area contributed by atoms with E-state index in [2.05, 4.69) is 124 Å². The molecule has 0 amide bonds. The predicted molar refractivity (Wildman–Crippen MR) is 163 cm³/mol. The van der Waals surface area contributed by atoms with Crippen LogP contribution in [0.3, 0.4) is 0 Å². The van der Waals surface area contributed by atoms with Crippen molar-refractivity contribution >= 4 is 55.0 Å². The molecular formula is C35H24N4. The van der Waals surface area contributed by atoms with E-state index in [-0.39, 0.29) is 0 Å². The van der Waals surface area contributed by atoms with Gasteiger partial charge >= 0.3 is 0 Å². The minimum absolute atomic E-state index is 0.507. The summed E-state index contributed by atoms with van der Waals surface area (Å²) < 4.78 is 4.77. The van der Waals surface area contributed by atoms with Crippen LogP contribution in [-0.4, -0.2) is 14.8 Å². The Bertz CT molecular complexity index is 2140. The number of rotatable bonds is 2. The summed E-state index contributed by atoms with van der Waals surface area (Å²) in [4.78, 5) is 0. The van der Waals surface area contributed by atoms with Crippen LogP contribution in [0.1, 0.15) is 0 Å². The molecule has 0 saturated heterocycles. The van der Waals surface area contributed by atoms with Gasteiger partial charge in [-0.2, -0.15) is 0 Å². The maximum atomic E-state index is 8.34. The van der Waals surface area contributed by atoms with Crippen molar-refractivity contribution < 1.29 is 0 Å². The molecular weight excluding hydrogens is 476 g/mol. The summed E-state index contributed by atoms with van der Waals surface area (Å²) in [5.74, 6) is 0. The molecule has 6 aromatic rings. The van der Waals surface area contributed by atoms with Crippen LogP contribution in [0, 0.1) is 5.41 Å². The van der Waals surface area contributed by atoms with E-state index in [0.29, 0.717) is 5.71 Å². The van der Waals surface area contributed by atoms with Crippen molar-refractivity contribution in [3.05, 3.63) is 145 Å². The van der Waals surface area contributed by atoms with E-state index in [0.717, 1.165) is 28.2 Å². The van der Waals surface area contributed by atoms with Gasteiger partial charge in [-0.25, -0.2) is 0 Å². The average molecular weight is 501 g/mol. The number of hydrogen-bond acceptors (Lipinski definition) is 2. The van der Waals surface area contributed by atoms with Crippen molar-refractivity contribution in [3.63, 3.8) is 0 Å². The van der Waals surface area contributed by atoms with Gasteiger partial charge in [-0.05, 0) is 42.5 Å². The molecule has 0 saturated carbocycles. The number of allylic oxidation sites excluding steroid dienone is 8. The first-order valence-corrected chi connectivity index (χ1v) is 13.1. The Morgan fingerprint density at radius 2 is 1.15 bits per heavy atom. The fraction of sp³-hybridized carbons (Fsp3) is 0. The molecule has 4 aromatic carbocycles. The second-order valence-electron chi connectivity index (χ2n) is 9.90. The lowest BCUT2D eigenvalue weighted by Crippen LogP contribution is -2.15. The Kier molecular flexibility index (Phi) is 4.64. The Balaban J connectivity index is 1.47. The van der Waals surface area contributed by atoms with Gasteiger partial charge in [0.15, 0.2) is 0 Å². The maximum absolute atomic E-state index is 8.34. The Morgan fingerprint density at radius 3 is 1.82 bits per heavy atom. The maximum Gasteiger partial charge on any atom is 0.0789 e. The molecule has 0 radical (unpaired) electrons. The minimum atomic E-state index is 0.507. The fourth-order valence-corrected chi connectivity index (χ4v) is 6.06. The van der Waals surface area contributed by atoms with E-state index in [1.807, 2.05) is 24.3 Å². The van der Waals surface area contributed by atoms with Gasteiger partial charge in [-0.15, -0.1) is 0 Å². The quantitative estimate of drug-likeness (QED) is 0.247. The lowest BCUT2D eigenvalue weighted by Gasteiger charge is -2.18. The van der Waals surface area contributed by atoms with E-state index < -0.39 is 0 Å². The first-order chi connectivity index (χ1) is 19.3. The molecule has 1 aliphatic heterocycles. The minimum Gasteiger partial charge on any atom is -0.359 e. The third-order valence-corrected chi connectivity index (χ3v) is 7.75. The van der Waals surface area contributed by atoms with Crippen molar-refractivity contribution in [1.82, 2.24) is 14.5 Å². The first-order valence-electron chi connectivity index (χ1n) is 13.1. The molecule has 2 aromatic heterocycles. The third-order valence-electron chi connectivity index (χ3n) is 7.75. The van der Waals surface area contributed by atoms with Gasteiger partial charge in [0.1, 0.15) is 0 Å². The monoisotopic (exact) mass is 500 g/mol. The van der Waals surface area contributed by atoms with Crippen LogP contribution in [0.2, 0.25) is 0 Å². The summed E-state index contributed by atoms with van der Waals surface area (Å²) in [6, 6.07) is 32.5. The van der Waals surface area contributed by atoms with Gasteiger partial charge in [0.05, 0.1) is 33.5 Å². The third kappa shape index (κ3) is 3.15. The highest BCUT2D eigenvalue weighted by Gasteiger charge is 2.22. The van der Waals surface area contributed by atoms with Crippen LogP contribution in [0.4, 0.5) is 0 Å². The number of aromatic nitrogens is 2. The molecule has 0 spiro atoms. The Labute approximate surface area is 225 Å². The van der Waals surface area contributed by atoms with E-state index in [1.165, 1.54) is 38.1 Å². The van der Waals surface area contributed by atoms with Crippen LogP contribution in [-0.2, 0) is 0 Å². The molecule has 2 N–H and O–H groups in total. The van der Waals surface area contributed by atoms with Gasteiger partial charge in [0.25, 0.3) is 0 Å². The molecule has 4 heteroatoms. The van der Waals surface area contributed by atoms with Crippen LogP contribution in [0.5, 0.6) is 0 Å². The lowest BCUT2D eigenvalue weighted by atomic mass is 10.0. The van der Waals surface area contributed by atoms with Crippen molar-refractivity contribution in [2.45, 2.75) is 0 Å². The van der Waals surface area contributed by atoms with E-state index >= 15 is 0 Å². The zero-order chi connectivity index (χ0) is 25.9. The summed E-state index contributed by atoms with van der Waals surface area (Å²) in [5.41, 5.74) is 9.22. The van der Waals surface area contributed by atoms with Crippen LogP contribution in [0.15, 0.2) is 145 Å². The lowest BCUT2D eigenvalue weighted by molar-refractivity contribution is 1.06. The summed E-state index contributed by atoms with van der Waals surface area (Å²) in [6.45, 7) is 0. The van der Waals surface area contributed by atoms with Gasteiger partial charge in [-0.3, -0.25) is 0 Å². The number of fused-ring (bicyclic) bond motifs is 7. The predicted octanol–water partition coefficient (Wildman–Crippen LogP) is 8.25. The topological polar surface area (TPSA) is 45.7 Å². The van der Waals surface area contributed by atoms with Crippen molar-refractivity contribution in [1.29, 1.82) is 5.41 Å². The molecule has 0 fully saturated rings. The number of benzene rings is 4. The van der Waals surface area contributed by atoms with Crippen molar-refractivity contribution in [3.8, 4) is 5.69 Å². The molecule has 2 aliphatic rings. The van der Waals surface area contributed by atoms with Crippen LogP contribution >= 0.6 is 0 Å². The van der Waals surface area contributed by atoms with Crippen molar-refractivity contribution in [2.24, 2.45) is 0 Å². The summed E-state index contributed by atoms with van der Waals surface area (Å²) in [7, 11) is 0. The first kappa shape index (κ1) is 21.7. The van der Waals surface area contributed by atoms with Crippen molar-refractivity contribution in [2.75, 3.05) is 0 Å². The van der Waals surface area contributed by atoms with Crippen LogP contribution in [0.25, 0.3) is 55.0 Å². The largest absolute Gasteiger partial charge is 0.359 e. The zero-order valence-corrected chi connectivity index (χ0v) is 21.1. The second-order valence-corrected chi connectivity index (χ2v) is 9.90.